The number of ether oxygens (including phenoxy) is 2. The molecule has 4 aromatic heterocycles. The molecular formula is C22H23N5O4. The standard InChI is InChI=1S/C22H23N5O4/c1-13(2)30-22-16-8-19(31-18(16)5-6-24-22)17-11-25-20-3-4-21(26-27(17)20)29-12-14-7-15(28)10-23-9-14/h3-6,8,11,13-14,23H,7,9-10,12H2,1-2H3/t14-/m1/s1. The lowest BCUT2D eigenvalue weighted by Crippen LogP contribution is -2.38. The molecule has 1 N–H and O–H groups in total. The minimum atomic E-state index is 0.00304. The second-order valence-electron chi connectivity index (χ2n) is 7.94. The minimum Gasteiger partial charge on any atom is -0.476 e. The Morgan fingerprint density at radius 3 is 3.03 bits per heavy atom. The van der Waals surface area contributed by atoms with Crippen LogP contribution in [0.1, 0.15) is 20.3 Å². The number of imidazole rings is 1. The SMILES string of the molecule is CC(C)Oc1nccc2oc(-c3cnc4ccc(OC[C@H]5CNCC(=O)C5)nn34)cc12. The first kappa shape index (κ1) is 19.5. The number of carbonyl (C=O) groups is 1. The van der Waals surface area contributed by atoms with Gasteiger partial charge in [0.1, 0.15) is 17.1 Å². The Bertz CT molecular complexity index is 1250. The molecule has 0 aromatic carbocycles. The molecule has 0 saturated carbocycles. The molecule has 0 aliphatic carbocycles. The van der Waals surface area contributed by atoms with Crippen molar-refractivity contribution in [3.63, 3.8) is 0 Å². The number of rotatable bonds is 6. The van der Waals surface area contributed by atoms with Gasteiger partial charge >= 0.3 is 0 Å². The van der Waals surface area contributed by atoms with E-state index in [4.69, 9.17) is 13.9 Å². The molecule has 0 bridgehead atoms. The van der Waals surface area contributed by atoms with Crippen molar-refractivity contribution in [2.75, 3.05) is 19.7 Å². The second-order valence-corrected chi connectivity index (χ2v) is 7.94. The highest BCUT2D eigenvalue weighted by atomic mass is 16.5. The smallest absolute Gasteiger partial charge is 0.231 e. The van der Waals surface area contributed by atoms with Gasteiger partial charge in [-0.15, -0.1) is 5.10 Å². The molecular weight excluding hydrogens is 398 g/mol. The maximum absolute atomic E-state index is 11.6. The number of nitrogens with zero attached hydrogens (tertiary/aromatic N) is 4. The van der Waals surface area contributed by atoms with Crippen LogP contribution in [0.3, 0.4) is 0 Å². The van der Waals surface area contributed by atoms with Gasteiger partial charge in [0.25, 0.3) is 0 Å². The number of furan rings is 1. The summed E-state index contributed by atoms with van der Waals surface area (Å²) >= 11 is 0. The van der Waals surface area contributed by atoms with Crippen LogP contribution in [0.4, 0.5) is 0 Å². The van der Waals surface area contributed by atoms with Crippen LogP contribution in [0.15, 0.2) is 41.1 Å². The summed E-state index contributed by atoms with van der Waals surface area (Å²) in [6.45, 7) is 5.54. The average molecular weight is 421 g/mol. The molecule has 1 aliphatic rings. The summed E-state index contributed by atoms with van der Waals surface area (Å²) in [5, 5.41) is 8.48. The van der Waals surface area contributed by atoms with E-state index in [-0.39, 0.29) is 17.8 Å². The number of ketones is 1. The lowest BCUT2D eigenvalue weighted by Gasteiger charge is -2.21. The highest BCUT2D eigenvalue weighted by Crippen LogP contribution is 2.32. The van der Waals surface area contributed by atoms with E-state index in [1.807, 2.05) is 26.0 Å². The van der Waals surface area contributed by atoms with Gasteiger partial charge in [-0.3, -0.25) is 4.79 Å². The number of hydrogen-bond acceptors (Lipinski definition) is 8. The van der Waals surface area contributed by atoms with Gasteiger partial charge in [0.05, 0.1) is 30.8 Å². The van der Waals surface area contributed by atoms with Crippen LogP contribution < -0.4 is 14.8 Å². The van der Waals surface area contributed by atoms with Crippen molar-refractivity contribution in [3.05, 3.63) is 36.7 Å². The van der Waals surface area contributed by atoms with E-state index in [2.05, 4.69) is 20.4 Å². The molecule has 5 rings (SSSR count). The van der Waals surface area contributed by atoms with Gasteiger partial charge in [-0.1, -0.05) is 0 Å². The van der Waals surface area contributed by atoms with Crippen molar-refractivity contribution in [1.29, 1.82) is 0 Å². The maximum atomic E-state index is 11.6. The number of hydrogen-bond donors (Lipinski definition) is 1. The lowest BCUT2D eigenvalue weighted by molar-refractivity contribution is -0.120. The first-order chi connectivity index (χ1) is 15.1. The third-order valence-electron chi connectivity index (χ3n) is 5.08. The van der Waals surface area contributed by atoms with Crippen molar-refractivity contribution >= 4 is 22.4 Å². The lowest BCUT2D eigenvalue weighted by atomic mass is 10.00. The zero-order valence-electron chi connectivity index (χ0n) is 17.4. The topological polar surface area (TPSA) is 104 Å². The Kier molecular flexibility index (Phi) is 5.03. The Balaban J connectivity index is 1.44. The highest BCUT2D eigenvalue weighted by Gasteiger charge is 2.20. The monoisotopic (exact) mass is 421 g/mol. The molecule has 31 heavy (non-hydrogen) atoms. The second kappa shape index (κ2) is 7.99. The van der Waals surface area contributed by atoms with Crippen LogP contribution in [0.5, 0.6) is 11.8 Å². The molecule has 0 unspecified atom stereocenters. The molecule has 1 aliphatic heterocycles. The maximum Gasteiger partial charge on any atom is 0.231 e. The molecule has 160 valence electrons. The van der Waals surface area contributed by atoms with Crippen molar-refractivity contribution in [2.45, 2.75) is 26.4 Å². The van der Waals surface area contributed by atoms with Gasteiger partial charge in [-0.05, 0) is 26.0 Å². The Hall–Kier alpha value is -3.46. The summed E-state index contributed by atoms with van der Waals surface area (Å²) in [6.07, 6.45) is 3.91. The molecule has 9 heteroatoms. The third kappa shape index (κ3) is 3.96. The number of Topliss-reactive ketones (excluding diaryl/α,β-unsaturated/α-hetero) is 1. The summed E-state index contributed by atoms with van der Waals surface area (Å²) in [4.78, 5) is 20.4. The van der Waals surface area contributed by atoms with Gasteiger partial charge in [-0.25, -0.2) is 14.5 Å². The first-order valence-electron chi connectivity index (χ1n) is 10.3. The van der Waals surface area contributed by atoms with Crippen LogP contribution in [-0.2, 0) is 4.79 Å². The molecule has 1 fully saturated rings. The predicted octanol–water partition coefficient (Wildman–Crippen LogP) is 2.88. The normalized spacial score (nSPS) is 17.0. The van der Waals surface area contributed by atoms with Crippen LogP contribution in [0.2, 0.25) is 0 Å². The minimum absolute atomic E-state index is 0.00304. The molecule has 4 aromatic rings. The number of pyridine rings is 1. The number of aromatic nitrogens is 4. The summed E-state index contributed by atoms with van der Waals surface area (Å²) in [5.41, 5.74) is 2.05. The van der Waals surface area contributed by atoms with E-state index >= 15 is 0 Å². The number of piperidine rings is 1. The molecule has 1 atom stereocenters. The van der Waals surface area contributed by atoms with E-state index in [0.717, 1.165) is 11.9 Å². The van der Waals surface area contributed by atoms with Crippen LogP contribution in [-0.4, -0.2) is 51.2 Å². The zero-order valence-corrected chi connectivity index (χ0v) is 17.4. The van der Waals surface area contributed by atoms with E-state index in [0.29, 0.717) is 54.0 Å². The number of nitrogens with one attached hydrogen (secondary N) is 1. The summed E-state index contributed by atoms with van der Waals surface area (Å²) in [7, 11) is 0. The Labute approximate surface area is 178 Å². The van der Waals surface area contributed by atoms with Gasteiger partial charge in [0.2, 0.25) is 11.8 Å². The fourth-order valence-corrected chi connectivity index (χ4v) is 3.69. The van der Waals surface area contributed by atoms with Crippen LogP contribution in [0, 0.1) is 5.92 Å². The molecule has 9 nitrogen and oxygen atoms in total. The van der Waals surface area contributed by atoms with E-state index in [9.17, 15) is 4.79 Å². The Morgan fingerprint density at radius 2 is 2.19 bits per heavy atom. The van der Waals surface area contributed by atoms with E-state index in [1.54, 1.807) is 29.0 Å². The molecule has 5 heterocycles. The fraction of sp³-hybridized carbons (Fsp3) is 0.364. The largest absolute Gasteiger partial charge is 0.476 e. The molecule has 0 spiro atoms. The highest BCUT2D eigenvalue weighted by molar-refractivity contribution is 5.86. The quantitative estimate of drug-likeness (QED) is 0.507. The van der Waals surface area contributed by atoms with Gasteiger partial charge < -0.3 is 19.2 Å². The molecule has 0 radical (unpaired) electrons. The van der Waals surface area contributed by atoms with Crippen molar-refractivity contribution < 1.29 is 18.7 Å². The molecule has 0 amide bonds. The summed E-state index contributed by atoms with van der Waals surface area (Å²) in [5.74, 6) is 1.95. The summed E-state index contributed by atoms with van der Waals surface area (Å²) in [6, 6.07) is 7.31. The predicted molar refractivity (Wildman–Crippen MR) is 113 cm³/mol. The van der Waals surface area contributed by atoms with E-state index in [1.165, 1.54) is 0 Å². The first-order valence-corrected chi connectivity index (χ1v) is 10.3. The number of carbonyl (C=O) groups excluding carboxylic acids is 1. The van der Waals surface area contributed by atoms with Gasteiger partial charge in [-0.2, -0.15) is 0 Å². The van der Waals surface area contributed by atoms with Crippen LogP contribution in [0.25, 0.3) is 28.1 Å². The average Bonchev–Trinajstić information content (AvgIpc) is 3.36. The molecule has 1 saturated heterocycles. The van der Waals surface area contributed by atoms with Crippen molar-refractivity contribution in [1.82, 2.24) is 24.9 Å². The van der Waals surface area contributed by atoms with E-state index < -0.39 is 0 Å². The third-order valence-corrected chi connectivity index (χ3v) is 5.08. The van der Waals surface area contributed by atoms with Crippen molar-refractivity contribution in [3.8, 4) is 23.2 Å². The summed E-state index contributed by atoms with van der Waals surface area (Å²) < 4.78 is 19.4. The zero-order chi connectivity index (χ0) is 21.4. The van der Waals surface area contributed by atoms with Crippen LogP contribution >= 0.6 is 0 Å². The Morgan fingerprint density at radius 1 is 1.29 bits per heavy atom. The van der Waals surface area contributed by atoms with Gasteiger partial charge in [0.15, 0.2) is 11.4 Å². The fourth-order valence-electron chi connectivity index (χ4n) is 3.69. The van der Waals surface area contributed by atoms with Gasteiger partial charge in [0, 0.05) is 37.2 Å². The van der Waals surface area contributed by atoms with Crippen molar-refractivity contribution in [2.24, 2.45) is 5.92 Å². The number of fused-ring (bicyclic) bond motifs is 2.